The quantitative estimate of drug-likeness (QED) is 0.366. The Morgan fingerprint density at radius 1 is 1.12 bits per heavy atom. The van der Waals surface area contributed by atoms with Gasteiger partial charge < -0.3 is 15.0 Å². The first kappa shape index (κ1) is 22.0. The minimum absolute atomic E-state index is 0. The molecule has 3 aliphatic rings. The summed E-state index contributed by atoms with van der Waals surface area (Å²) < 4.78 is 43.0. The first-order chi connectivity index (χ1) is 11.9. The Bertz CT molecular complexity index is 473. The molecule has 0 aromatic heterocycles. The lowest BCUT2D eigenvalue weighted by molar-refractivity contribution is -0.143. The van der Waals surface area contributed by atoms with Gasteiger partial charge in [0.25, 0.3) is 0 Å². The van der Waals surface area contributed by atoms with Crippen LogP contribution in [0.5, 0.6) is 0 Å². The summed E-state index contributed by atoms with van der Waals surface area (Å²) >= 11 is 0. The van der Waals surface area contributed by atoms with Crippen molar-refractivity contribution in [3.63, 3.8) is 0 Å². The van der Waals surface area contributed by atoms with Crippen molar-refractivity contribution in [2.45, 2.75) is 31.1 Å². The molecule has 0 bridgehead atoms. The number of morpholine rings is 1. The van der Waals surface area contributed by atoms with Crippen molar-refractivity contribution in [1.29, 1.82) is 0 Å². The lowest BCUT2D eigenvalue weighted by atomic mass is 10.2. The molecule has 0 aromatic carbocycles. The summed E-state index contributed by atoms with van der Waals surface area (Å²) in [5.74, 6) is 0.814. The summed E-state index contributed by atoms with van der Waals surface area (Å²) in [6.45, 7) is 5.44. The molecule has 2 atom stereocenters. The maximum Gasteiger partial charge on any atom is 0.401 e. The normalized spacial score (nSPS) is 29.1. The monoisotopic (exact) mass is 491 g/mol. The molecule has 152 valence electrons. The number of rotatable bonds is 3. The highest BCUT2D eigenvalue weighted by atomic mass is 127. The molecule has 0 spiro atoms. The summed E-state index contributed by atoms with van der Waals surface area (Å²) in [4.78, 5) is 10.5. The Labute approximate surface area is 170 Å². The molecule has 1 N–H and O–H groups in total. The summed E-state index contributed by atoms with van der Waals surface area (Å²) in [5.41, 5.74) is 0. The number of nitrogens with zero attached hydrogens (tertiary/aromatic N) is 4. The second kappa shape index (κ2) is 9.74. The second-order valence-electron chi connectivity index (χ2n) is 7.06. The zero-order chi connectivity index (χ0) is 17.9. The molecule has 0 amide bonds. The lowest BCUT2D eigenvalue weighted by Gasteiger charge is -2.32. The van der Waals surface area contributed by atoms with Gasteiger partial charge in [-0.2, -0.15) is 13.2 Å². The van der Waals surface area contributed by atoms with Gasteiger partial charge in [0.05, 0.1) is 19.8 Å². The van der Waals surface area contributed by atoms with Crippen molar-refractivity contribution in [3.05, 3.63) is 0 Å². The number of alkyl halides is 3. The van der Waals surface area contributed by atoms with Crippen LogP contribution in [0.3, 0.4) is 0 Å². The molecule has 3 aliphatic heterocycles. The molecule has 3 rings (SSSR count). The fraction of sp³-hybridized carbons (Fsp3) is 0.938. The molecule has 10 heteroatoms. The van der Waals surface area contributed by atoms with Crippen LogP contribution < -0.4 is 5.32 Å². The molecule has 6 nitrogen and oxygen atoms in total. The Morgan fingerprint density at radius 3 is 2.50 bits per heavy atom. The number of likely N-dealkylation sites (tertiary alicyclic amines) is 2. The van der Waals surface area contributed by atoms with Crippen molar-refractivity contribution >= 4 is 29.9 Å². The van der Waals surface area contributed by atoms with Crippen LogP contribution >= 0.6 is 24.0 Å². The van der Waals surface area contributed by atoms with E-state index < -0.39 is 12.7 Å². The van der Waals surface area contributed by atoms with Crippen molar-refractivity contribution in [2.75, 3.05) is 66.1 Å². The van der Waals surface area contributed by atoms with Crippen molar-refractivity contribution < 1.29 is 17.9 Å². The van der Waals surface area contributed by atoms with Gasteiger partial charge in [-0.05, 0) is 12.8 Å². The Kier molecular flexibility index (Phi) is 8.23. The van der Waals surface area contributed by atoms with Gasteiger partial charge in [-0.3, -0.25) is 14.8 Å². The number of hydrogen-bond donors (Lipinski definition) is 1. The van der Waals surface area contributed by atoms with Crippen LogP contribution in [0.2, 0.25) is 0 Å². The number of ether oxygens (including phenoxy) is 1. The van der Waals surface area contributed by atoms with Crippen molar-refractivity contribution in [3.8, 4) is 0 Å². The molecule has 3 saturated heterocycles. The van der Waals surface area contributed by atoms with Gasteiger partial charge in [-0.1, -0.05) is 0 Å². The fourth-order valence-electron chi connectivity index (χ4n) is 4.00. The van der Waals surface area contributed by atoms with Crippen LogP contribution in [-0.2, 0) is 4.74 Å². The lowest BCUT2D eigenvalue weighted by Crippen LogP contribution is -2.49. The molecule has 0 aliphatic carbocycles. The molecule has 0 saturated carbocycles. The largest absolute Gasteiger partial charge is 0.401 e. The topological polar surface area (TPSA) is 43.3 Å². The van der Waals surface area contributed by atoms with E-state index in [0.717, 1.165) is 58.2 Å². The van der Waals surface area contributed by atoms with E-state index in [2.05, 4.69) is 20.1 Å². The first-order valence-electron chi connectivity index (χ1n) is 9.04. The summed E-state index contributed by atoms with van der Waals surface area (Å²) in [6.07, 6.45) is -2.32. The van der Waals surface area contributed by atoms with Gasteiger partial charge in [-0.25, -0.2) is 0 Å². The van der Waals surface area contributed by atoms with E-state index in [0.29, 0.717) is 19.1 Å². The summed E-state index contributed by atoms with van der Waals surface area (Å²) in [7, 11) is 1.74. The summed E-state index contributed by atoms with van der Waals surface area (Å²) in [5, 5.41) is 3.37. The molecule has 26 heavy (non-hydrogen) atoms. The zero-order valence-corrected chi connectivity index (χ0v) is 17.5. The van der Waals surface area contributed by atoms with Crippen molar-refractivity contribution in [1.82, 2.24) is 20.0 Å². The standard InChI is InChI=1S/C16H28F3N5O.HI/c1-20-15(21-13-2-4-22(10-13)12-16(17,18)19)24-5-3-14(11-24)23-6-8-25-9-7-23;/h13-14H,2-12H2,1H3,(H,20,21);1H. The van der Waals surface area contributed by atoms with Gasteiger partial charge in [0.2, 0.25) is 0 Å². The Morgan fingerprint density at radius 2 is 1.85 bits per heavy atom. The Balaban J connectivity index is 0.00000243. The molecule has 2 unspecified atom stereocenters. The van der Waals surface area contributed by atoms with E-state index in [1.165, 1.54) is 4.90 Å². The SMILES string of the molecule is CN=C(NC1CCN(CC(F)(F)F)C1)N1CCC(N2CCOCC2)C1.I. The third kappa shape index (κ3) is 6.10. The number of halogens is 4. The number of aliphatic imine (C=N–C) groups is 1. The minimum atomic E-state index is -4.13. The van der Waals surface area contributed by atoms with E-state index in [-0.39, 0.29) is 30.0 Å². The van der Waals surface area contributed by atoms with Gasteiger partial charge in [0.1, 0.15) is 0 Å². The van der Waals surface area contributed by atoms with E-state index in [9.17, 15) is 13.2 Å². The molecule has 3 heterocycles. The average molecular weight is 491 g/mol. The van der Waals surface area contributed by atoms with Crippen LogP contribution in [0, 0.1) is 0 Å². The molecule has 3 fully saturated rings. The highest BCUT2D eigenvalue weighted by Gasteiger charge is 2.36. The van der Waals surface area contributed by atoms with E-state index in [4.69, 9.17) is 4.74 Å². The van der Waals surface area contributed by atoms with Gasteiger partial charge in [-0.15, -0.1) is 24.0 Å². The van der Waals surface area contributed by atoms with E-state index in [1.807, 2.05) is 0 Å². The van der Waals surface area contributed by atoms with Gasteiger partial charge in [0.15, 0.2) is 5.96 Å². The van der Waals surface area contributed by atoms with Crippen molar-refractivity contribution in [2.24, 2.45) is 4.99 Å². The minimum Gasteiger partial charge on any atom is -0.379 e. The van der Waals surface area contributed by atoms with Gasteiger partial charge >= 0.3 is 6.18 Å². The predicted octanol–water partition coefficient (Wildman–Crippen LogP) is 1.22. The third-order valence-corrected chi connectivity index (χ3v) is 5.25. The van der Waals surface area contributed by atoms with Crippen LogP contribution in [-0.4, -0.2) is 105 Å². The molecule has 0 radical (unpaired) electrons. The summed E-state index contributed by atoms with van der Waals surface area (Å²) in [6, 6.07) is 0.538. The Hall–Kier alpha value is -0.330. The average Bonchev–Trinajstić information content (AvgIpc) is 3.21. The number of hydrogen-bond acceptors (Lipinski definition) is 4. The van der Waals surface area contributed by atoms with Gasteiger partial charge in [0, 0.05) is 58.4 Å². The van der Waals surface area contributed by atoms with Crippen LogP contribution in [0.25, 0.3) is 0 Å². The second-order valence-corrected chi connectivity index (χ2v) is 7.06. The maximum atomic E-state index is 12.5. The molecular weight excluding hydrogens is 462 g/mol. The van der Waals surface area contributed by atoms with E-state index in [1.54, 1.807) is 7.05 Å². The van der Waals surface area contributed by atoms with Crippen LogP contribution in [0.4, 0.5) is 13.2 Å². The molecular formula is C16H29F3IN5O. The smallest absolute Gasteiger partial charge is 0.379 e. The van der Waals surface area contributed by atoms with Crippen LogP contribution in [0.1, 0.15) is 12.8 Å². The maximum absolute atomic E-state index is 12.5. The third-order valence-electron chi connectivity index (χ3n) is 5.25. The molecule has 0 aromatic rings. The highest BCUT2D eigenvalue weighted by molar-refractivity contribution is 14.0. The van der Waals surface area contributed by atoms with Crippen LogP contribution in [0.15, 0.2) is 4.99 Å². The predicted molar refractivity (Wildman–Crippen MR) is 105 cm³/mol. The van der Waals surface area contributed by atoms with E-state index >= 15 is 0 Å². The number of guanidine groups is 1. The highest BCUT2D eigenvalue weighted by Crippen LogP contribution is 2.21. The first-order valence-corrected chi connectivity index (χ1v) is 9.04. The zero-order valence-electron chi connectivity index (χ0n) is 15.2. The fourth-order valence-corrected chi connectivity index (χ4v) is 4.00. The number of nitrogens with one attached hydrogen (secondary N) is 1.